The lowest BCUT2D eigenvalue weighted by molar-refractivity contribution is 0.245. The largest absolute Gasteiger partial charge is 0.365 e. The van der Waals surface area contributed by atoms with E-state index >= 15 is 0 Å². The highest BCUT2D eigenvalue weighted by Crippen LogP contribution is 2.39. The third kappa shape index (κ3) is 2.85. The predicted molar refractivity (Wildman–Crippen MR) is 87.0 cm³/mol. The summed E-state index contributed by atoms with van der Waals surface area (Å²) in [6.07, 6.45) is 3.43. The van der Waals surface area contributed by atoms with Crippen LogP contribution in [0, 0.1) is 5.92 Å². The number of amides is 2. The summed E-state index contributed by atoms with van der Waals surface area (Å²) >= 11 is 0. The number of carbonyl (C=O) groups excluding carboxylic acids is 1. The highest BCUT2D eigenvalue weighted by Gasteiger charge is 2.35. The highest BCUT2D eigenvalue weighted by molar-refractivity contribution is 5.97. The van der Waals surface area contributed by atoms with Crippen LogP contribution in [0.25, 0.3) is 0 Å². The highest BCUT2D eigenvalue weighted by atomic mass is 16.2. The van der Waals surface area contributed by atoms with Crippen LogP contribution >= 0.6 is 0 Å². The van der Waals surface area contributed by atoms with Gasteiger partial charge in [-0.15, -0.1) is 0 Å². The summed E-state index contributed by atoms with van der Waals surface area (Å²) in [6.45, 7) is 7.04. The quantitative estimate of drug-likeness (QED) is 0.926. The zero-order valence-electron chi connectivity index (χ0n) is 13.0. The number of urea groups is 1. The van der Waals surface area contributed by atoms with E-state index in [9.17, 15) is 4.79 Å². The van der Waals surface area contributed by atoms with Crippen molar-refractivity contribution >= 4 is 17.4 Å². The normalized spacial score (nSPS) is 20.4. The number of benzene rings is 1. The van der Waals surface area contributed by atoms with Gasteiger partial charge in [0.1, 0.15) is 0 Å². The van der Waals surface area contributed by atoms with Crippen LogP contribution in [0.1, 0.15) is 33.1 Å². The molecule has 0 bridgehead atoms. The first kappa shape index (κ1) is 14.2. The second kappa shape index (κ2) is 5.96. The SMILES string of the molecule is CC(C)CCNC(=O)N1CC2CCCN2c2ccccc21. The minimum atomic E-state index is 0.0506. The molecule has 2 aliphatic rings. The van der Waals surface area contributed by atoms with E-state index in [-0.39, 0.29) is 6.03 Å². The molecule has 0 spiro atoms. The Kier molecular flexibility index (Phi) is 4.04. The first-order valence-electron chi connectivity index (χ1n) is 8.08. The number of hydrogen-bond donors (Lipinski definition) is 1. The molecular weight excluding hydrogens is 262 g/mol. The molecule has 4 heteroatoms. The van der Waals surface area contributed by atoms with Gasteiger partial charge in [-0.2, -0.15) is 0 Å². The van der Waals surface area contributed by atoms with Crippen LogP contribution in [0.5, 0.6) is 0 Å². The van der Waals surface area contributed by atoms with Gasteiger partial charge in [0.25, 0.3) is 0 Å². The molecule has 3 rings (SSSR count). The van der Waals surface area contributed by atoms with Gasteiger partial charge in [-0.1, -0.05) is 26.0 Å². The van der Waals surface area contributed by atoms with Gasteiger partial charge in [-0.3, -0.25) is 4.90 Å². The van der Waals surface area contributed by atoms with Crippen molar-refractivity contribution in [1.82, 2.24) is 5.32 Å². The number of fused-ring (bicyclic) bond motifs is 3. The number of nitrogens with one attached hydrogen (secondary N) is 1. The predicted octanol–water partition coefficient (Wildman–Crippen LogP) is 3.23. The summed E-state index contributed by atoms with van der Waals surface area (Å²) in [6, 6.07) is 8.82. The monoisotopic (exact) mass is 287 g/mol. The number of carbonyl (C=O) groups is 1. The molecule has 0 saturated carbocycles. The molecular formula is C17H25N3O. The van der Waals surface area contributed by atoms with Gasteiger partial charge in [-0.25, -0.2) is 4.79 Å². The Balaban J connectivity index is 1.76. The van der Waals surface area contributed by atoms with Crippen LogP contribution in [0.3, 0.4) is 0 Å². The standard InChI is InChI=1S/C17H25N3O/c1-13(2)9-10-18-17(21)20-12-14-6-5-11-19(14)15-7-3-4-8-16(15)20/h3-4,7-8,13-14H,5-6,9-12H2,1-2H3,(H,18,21). The lowest BCUT2D eigenvalue weighted by atomic mass is 10.1. The molecule has 1 atom stereocenters. The zero-order valence-corrected chi connectivity index (χ0v) is 13.0. The van der Waals surface area contributed by atoms with E-state index in [0.717, 1.165) is 31.7 Å². The fraction of sp³-hybridized carbons (Fsp3) is 0.588. The first-order chi connectivity index (χ1) is 10.2. The Labute approximate surface area is 127 Å². The van der Waals surface area contributed by atoms with Crippen molar-refractivity contribution in [2.75, 3.05) is 29.4 Å². The van der Waals surface area contributed by atoms with E-state index in [1.807, 2.05) is 11.0 Å². The maximum absolute atomic E-state index is 12.5. The summed E-state index contributed by atoms with van der Waals surface area (Å²) in [4.78, 5) is 16.9. The van der Waals surface area contributed by atoms with Gasteiger partial charge in [0.05, 0.1) is 11.4 Å². The first-order valence-corrected chi connectivity index (χ1v) is 8.08. The van der Waals surface area contributed by atoms with Gasteiger partial charge < -0.3 is 10.2 Å². The number of hydrogen-bond acceptors (Lipinski definition) is 2. The van der Waals surface area contributed by atoms with Crippen LogP contribution < -0.4 is 15.1 Å². The molecule has 2 aliphatic heterocycles. The molecule has 4 nitrogen and oxygen atoms in total. The third-order valence-electron chi connectivity index (χ3n) is 4.50. The molecule has 1 saturated heterocycles. The third-order valence-corrected chi connectivity index (χ3v) is 4.50. The number of rotatable bonds is 3. The van der Waals surface area contributed by atoms with Crippen molar-refractivity contribution < 1.29 is 4.79 Å². The molecule has 0 radical (unpaired) electrons. The summed E-state index contributed by atoms with van der Waals surface area (Å²) in [7, 11) is 0. The average Bonchev–Trinajstić information content (AvgIpc) is 2.94. The van der Waals surface area contributed by atoms with Crippen LogP contribution in [-0.4, -0.2) is 31.7 Å². The van der Waals surface area contributed by atoms with E-state index in [4.69, 9.17) is 0 Å². The van der Waals surface area contributed by atoms with Crippen molar-refractivity contribution in [3.8, 4) is 0 Å². The Bertz CT molecular complexity index is 515. The maximum Gasteiger partial charge on any atom is 0.322 e. The number of anilines is 2. The van der Waals surface area contributed by atoms with Gasteiger partial charge in [0, 0.05) is 25.7 Å². The minimum Gasteiger partial charge on any atom is -0.365 e. The van der Waals surface area contributed by atoms with Crippen molar-refractivity contribution in [3.63, 3.8) is 0 Å². The summed E-state index contributed by atoms with van der Waals surface area (Å²) in [5.74, 6) is 0.615. The molecule has 1 fully saturated rings. The molecule has 1 aromatic carbocycles. The lowest BCUT2D eigenvalue weighted by Crippen LogP contribution is -2.51. The van der Waals surface area contributed by atoms with Crippen LogP contribution in [0.4, 0.5) is 16.2 Å². The van der Waals surface area contributed by atoms with E-state index in [1.165, 1.54) is 18.5 Å². The Morgan fingerprint density at radius 1 is 1.33 bits per heavy atom. The average molecular weight is 287 g/mol. The fourth-order valence-corrected chi connectivity index (χ4v) is 3.34. The van der Waals surface area contributed by atoms with Gasteiger partial charge >= 0.3 is 6.03 Å². The smallest absolute Gasteiger partial charge is 0.322 e. The van der Waals surface area contributed by atoms with Gasteiger partial charge in [0.2, 0.25) is 0 Å². The fourth-order valence-electron chi connectivity index (χ4n) is 3.34. The van der Waals surface area contributed by atoms with Crippen molar-refractivity contribution in [2.45, 2.75) is 39.2 Å². The Hall–Kier alpha value is -1.71. The topological polar surface area (TPSA) is 35.6 Å². The van der Waals surface area contributed by atoms with E-state index in [2.05, 4.69) is 42.3 Å². The Morgan fingerprint density at radius 3 is 2.86 bits per heavy atom. The van der Waals surface area contributed by atoms with E-state index in [1.54, 1.807) is 0 Å². The van der Waals surface area contributed by atoms with Gasteiger partial charge in [0.15, 0.2) is 0 Å². The van der Waals surface area contributed by atoms with E-state index < -0.39 is 0 Å². The second-order valence-corrected chi connectivity index (χ2v) is 6.50. The van der Waals surface area contributed by atoms with Crippen LogP contribution in [-0.2, 0) is 0 Å². The summed E-state index contributed by atoms with van der Waals surface area (Å²) in [5, 5.41) is 3.07. The summed E-state index contributed by atoms with van der Waals surface area (Å²) < 4.78 is 0. The molecule has 21 heavy (non-hydrogen) atoms. The summed E-state index contributed by atoms with van der Waals surface area (Å²) in [5.41, 5.74) is 2.27. The molecule has 2 heterocycles. The van der Waals surface area contributed by atoms with Crippen molar-refractivity contribution in [2.24, 2.45) is 5.92 Å². The van der Waals surface area contributed by atoms with E-state index in [0.29, 0.717) is 12.0 Å². The minimum absolute atomic E-state index is 0.0506. The number of para-hydroxylation sites is 2. The van der Waals surface area contributed by atoms with Crippen LogP contribution in [0.2, 0.25) is 0 Å². The lowest BCUT2D eigenvalue weighted by Gasteiger charge is -2.40. The second-order valence-electron chi connectivity index (χ2n) is 6.50. The molecule has 2 amide bonds. The molecule has 0 aliphatic carbocycles. The molecule has 1 aromatic rings. The molecule has 1 N–H and O–H groups in total. The molecule has 0 aromatic heterocycles. The van der Waals surface area contributed by atoms with Gasteiger partial charge in [-0.05, 0) is 37.3 Å². The van der Waals surface area contributed by atoms with Crippen molar-refractivity contribution in [1.29, 1.82) is 0 Å². The Morgan fingerprint density at radius 2 is 2.10 bits per heavy atom. The molecule has 114 valence electrons. The maximum atomic E-state index is 12.5. The van der Waals surface area contributed by atoms with Crippen LogP contribution in [0.15, 0.2) is 24.3 Å². The van der Waals surface area contributed by atoms with Crippen molar-refractivity contribution in [3.05, 3.63) is 24.3 Å². The molecule has 1 unspecified atom stereocenters. The number of nitrogens with zero attached hydrogens (tertiary/aromatic N) is 2. The zero-order chi connectivity index (χ0) is 14.8.